The number of sulfonamides is 1. The van der Waals surface area contributed by atoms with Crippen LogP contribution in [0.2, 0.25) is 0 Å². The van der Waals surface area contributed by atoms with Crippen molar-refractivity contribution in [2.45, 2.75) is 31.7 Å². The summed E-state index contributed by atoms with van der Waals surface area (Å²) in [4.78, 5) is 0.411. The van der Waals surface area contributed by atoms with Crippen LogP contribution in [-0.4, -0.2) is 38.4 Å². The molecule has 0 spiro atoms. The number of nitrogens with one attached hydrogen (secondary N) is 1. The van der Waals surface area contributed by atoms with Gasteiger partial charge >= 0.3 is 0 Å². The zero-order valence-electron chi connectivity index (χ0n) is 11.1. The van der Waals surface area contributed by atoms with Crippen molar-refractivity contribution in [1.82, 2.24) is 9.62 Å². The van der Waals surface area contributed by atoms with Gasteiger partial charge in [0.15, 0.2) is 0 Å². The van der Waals surface area contributed by atoms with E-state index >= 15 is 0 Å². The van der Waals surface area contributed by atoms with Crippen LogP contribution in [0.3, 0.4) is 0 Å². The van der Waals surface area contributed by atoms with Crippen molar-refractivity contribution in [1.29, 1.82) is 0 Å². The number of piperazine rings is 1. The fourth-order valence-electron chi connectivity index (χ4n) is 2.40. The van der Waals surface area contributed by atoms with Crippen LogP contribution >= 0.6 is 0 Å². The highest BCUT2D eigenvalue weighted by Gasteiger charge is 2.30. The molecule has 1 N–H and O–H groups in total. The summed E-state index contributed by atoms with van der Waals surface area (Å²) in [6, 6.07) is 5.48. The minimum absolute atomic E-state index is 0.00423. The lowest BCUT2D eigenvalue weighted by atomic mass is 10.2. The van der Waals surface area contributed by atoms with Crippen LogP contribution in [0.25, 0.3) is 0 Å². The minimum atomic E-state index is -3.36. The van der Waals surface area contributed by atoms with Gasteiger partial charge in [-0.1, -0.05) is 6.07 Å². The number of hydrogen-bond donors (Lipinski definition) is 1. The summed E-state index contributed by atoms with van der Waals surface area (Å²) in [7, 11) is -3.36. The van der Waals surface area contributed by atoms with E-state index in [0.29, 0.717) is 24.5 Å². The average Bonchev–Trinajstić information content (AvgIpc) is 2.28. The Labute approximate surface area is 109 Å². The van der Waals surface area contributed by atoms with Gasteiger partial charge in [-0.25, -0.2) is 8.42 Å². The van der Waals surface area contributed by atoms with Crippen LogP contribution in [0.4, 0.5) is 0 Å². The molecule has 0 bridgehead atoms. The van der Waals surface area contributed by atoms with E-state index in [4.69, 9.17) is 0 Å². The van der Waals surface area contributed by atoms with Gasteiger partial charge in [0.2, 0.25) is 10.0 Å². The molecule has 4 nitrogen and oxygen atoms in total. The number of rotatable bonds is 2. The molecule has 1 fully saturated rings. The van der Waals surface area contributed by atoms with E-state index in [-0.39, 0.29) is 6.04 Å². The Hall–Kier alpha value is -0.910. The van der Waals surface area contributed by atoms with E-state index in [1.54, 1.807) is 16.4 Å². The first kappa shape index (κ1) is 13.5. The number of benzene rings is 1. The summed E-state index contributed by atoms with van der Waals surface area (Å²) in [5.74, 6) is 0. The normalized spacial score (nSPS) is 22.1. The zero-order valence-corrected chi connectivity index (χ0v) is 11.9. The molecule has 0 aliphatic carbocycles. The molecule has 2 rings (SSSR count). The molecule has 0 unspecified atom stereocenters. The average molecular weight is 268 g/mol. The lowest BCUT2D eigenvalue weighted by molar-refractivity contribution is 0.284. The molecule has 0 radical (unpaired) electrons. The Morgan fingerprint density at radius 3 is 2.39 bits per heavy atom. The van der Waals surface area contributed by atoms with Crippen LogP contribution in [0.15, 0.2) is 23.1 Å². The van der Waals surface area contributed by atoms with Crippen molar-refractivity contribution in [3.05, 3.63) is 29.3 Å². The highest BCUT2D eigenvalue weighted by molar-refractivity contribution is 7.89. The van der Waals surface area contributed by atoms with Crippen LogP contribution in [0.5, 0.6) is 0 Å². The summed E-state index contributed by atoms with van der Waals surface area (Å²) in [6.45, 7) is 7.75. The Morgan fingerprint density at radius 2 is 1.83 bits per heavy atom. The number of aryl methyl sites for hydroxylation is 2. The van der Waals surface area contributed by atoms with E-state index in [2.05, 4.69) is 5.32 Å². The fourth-order valence-corrected chi connectivity index (χ4v) is 4.22. The molecule has 0 amide bonds. The van der Waals surface area contributed by atoms with Crippen molar-refractivity contribution in [2.24, 2.45) is 0 Å². The summed E-state index contributed by atoms with van der Waals surface area (Å²) in [5.41, 5.74) is 1.97. The molecular formula is C13H20N2O2S. The highest BCUT2D eigenvalue weighted by Crippen LogP contribution is 2.21. The van der Waals surface area contributed by atoms with Crippen LogP contribution in [0, 0.1) is 13.8 Å². The third kappa shape index (κ3) is 2.58. The molecule has 1 aromatic carbocycles. The lowest BCUT2D eigenvalue weighted by Crippen LogP contribution is -2.52. The SMILES string of the molecule is Cc1cc(C)cc(S(=O)(=O)N2CCNC[C@H]2C)c1. The second-order valence-electron chi connectivity index (χ2n) is 4.99. The van der Waals surface area contributed by atoms with E-state index in [1.165, 1.54) is 0 Å². The van der Waals surface area contributed by atoms with Gasteiger partial charge in [-0.2, -0.15) is 4.31 Å². The molecular weight excluding hydrogens is 248 g/mol. The minimum Gasteiger partial charge on any atom is -0.314 e. The first-order chi connectivity index (χ1) is 8.41. The summed E-state index contributed by atoms with van der Waals surface area (Å²) in [6.07, 6.45) is 0. The summed E-state index contributed by atoms with van der Waals surface area (Å²) < 4.78 is 26.8. The van der Waals surface area contributed by atoms with E-state index < -0.39 is 10.0 Å². The third-order valence-corrected chi connectivity index (χ3v) is 5.23. The van der Waals surface area contributed by atoms with Gasteiger partial charge in [-0.3, -0.25) is 0 Å². The van der Waals surface area contributed by atoms with Crippen molar-refractivity contribution in [2.75, 3.05) is 19.6 Å². The van der Waals surface area contributed by atoms with Crippen molar-refractivity contribution < 1.29 is 8.42 Å². The topological polar surface area (TPSA) is 49.4 Å². The molecule has 18 heavy (non-hydrogen) atoms. The Morgan fingerprint density at radius 1 is 1.22 bits per heavy atom. The highest BCUT2D eigenvalue weighted by atomic mass is 32.2. The first-order valence-corrected chi connectivity index (χ1v) is 7.66. The molecule has 1 aromatic rings. The van der Waals surface area contributed by atoms with Gasteiger partial charge in [0.1, 0.15) is 0 Å². The molecule has 0 saturated carbocycles. The molecule has 1 aliphatic rings. The van der Waals surface area contributed by atoms with Crippen molar-refractivity contribution in [3.63, 3.8) is 0 Å². The van der Waals surface area contributed by atoms with E-state index in [1.807, 2.05) is 26.8 Å². The fraction of sp³-hybridized carbons (Fsp3) is 0.538. The molecule has 5 heteroatoms. The molecule has 100 valence electrons. The quantitative estimate of drug-likeness (QED) is 0.879. The van der Waals surface area contributed by atoms with Gasteiger partial charge in [-0.05, 0) is 44.0 Å². The van der Waals surface area contributed by atoms with Gasteiger partial charge in [0.25, 0.3) is 0 Å². The van der Waals surface area contributed by atoms with E-state index in [9.17, 15) is 8.42 Å². The molecule has 1 atom stereocenters. The number of hydrogen-bond acceptors (Lipinski definition) is 3. The molecule has 1 saturated heterocycles. The molecule has 1 heterocycles. The summed E-state index contributed by atoms with van der Waals surface area (Å²) >= 11 is 0. The van der Waals surface area contributed by atoms with Gasteiger partial charge in [-0.15, -0.1) is 0 Å². The standard InChI is InChI=1S/C13H20N2O2S/c1-10-6-11(2)8-13(7-10)18(16,17)15-5-4-14-9-12(15)3/h6-8,12,14H,4-5,9H2,1-3H3/t12-/m1/s1. The second kappa shape index (κ2) is 4.99. The smallest absolute Gasteiger partial charge is 0.243 e. The Bertz CT molecular complexity index is 520. The van der Waals surface area contributed by atoms with Gasteiger partial charge < -0.3 is 5.32 Å². The number of nitrogens with zero attached hydrogens (tertiary/aromatic N) is 1. The van der Waals surface area contributed by atoms with Gasteiger partial charge in [0.05, 0.1) is 4.90 Å². The van der Waals surface area contributed by atoms with Crippen LogP contribution < -0.4 is 5.32 Å². The first-order valence-electron chi connectivity index (χ1n) is 6.22. The monoisotopic (exact) mass is 268 g/mol. The Balaban J connectivity index is 2.40. The maximum atomic E-state index is 12.6. The largest absolute Gasteiger partial charge is 0.314 e. The van der Waals surface area contributed by atoms with Crippen molar-refractivity contribution >= 4 is 10.0 Å². The van der Waals surface area contributed by atoms with Crippen LogP contribution in [-0.2, 0) is 10.0 Å². The van der Waals surface area contributed by atoms with Crippen LogP contribution in [0.1, 0.15) is 18.1 Å². The third-order valence-electron chi connectivity index (χ3n) is 3.24. The zero-order chi connectivity index (χ0) is 13.3. The Kier molecular flexibility index (Phi) is 3.75. The molecule has 0 aromatic heterocycles. The second-order valence-corrected chi connectivity index (χ2v) is 6.88. The van der Waals surface area contributed by atoms with Gasteiger partial charge in [0, 0.05) is 25.7 Å². The predicted octanol–water partition coefficient (Wildman–Crippen LogP) is 1.29. The van der Waals surface area contributed by atoms with E-state index in [0.717, 1.165) is 11.1 Å². The maximum Gasteiger partial charge on any atom is 0.243 e. The summed E-state index contributed by atoms with van der Waals surface area (Å²) in [5, 5.41) is 3.20. The van der Waals surface area contributed by atoms with Crippen molar-refractivity contribution in [3.8, 4) is 0 Å². The lowest BCUT2D eigenvalue weighted by Gasteiger charge is -2.33. The predicted molar refractivity (Wildman–Crippen MR) is 72.1 cm³/mol. The molecule has 1 aliphatic heterocycles. The maximum absolute atomic E-state index is 12.6.